The van der Waals surface area contributed by atoms with E-state index in [2.05, 4.69) is 4.98 Å². The van der Waals surface area contributed by atoms with E-state index in [1.807, 2.05) is 18.3 Å². The van der Waals surface area contributed by atoms with Crippen LogP contribution in [0.3, 0.4) is 0 Å². The molecule has 1 aliphatic carbocycles. The van der Waals surface area contributed by atoms with Crippen molar-refractivity contribution in [2.75, 3.05) is 0 Å². The second-order valence-corrected chi connectivity index (χ2v) is 3.31. The third kappa shape index (κ3) is 2.02. The van der Waals surface area contributed by atoms with Crippen LogP contribution in [0.2, 0.25) is 0 Å². The molecule has 0 unspecified atom stereocenters. The largest absolute Gasteiger partial charge is 0.295 e. The molecule has 1 heterocycles. The zero-order valence-electron chi connectivity index (χ0n) is 7.36. The van der Waals surface area contributed by atoms with Gasteiger partial charge in [-0.1, -0.05) is 11.6 Å². The fraction of sp³-hybridized carbons (Fsp3) is 0.273. The van der Waals surface area contributed by atoms with E-state index in [1.54, 1.807) is 12.3 Å². The molecule has 0 saturated carbocycles. The first-order valence-corrected chi connectivity index (χ1v) is 4.46. The molecule has 0 saturated heterocycles. The van der Waals surface area contributed by atoms with Crippen LogP contribution in [-0.4, -0.2) is 10.8 Å². The van der Waals surface area contributed by atoms with E-state index in [0.29, 0.717) is 6.42 Å². The zero-order chi connectivity index (χ0) is 9.10. The molecule has 0 radical (unpaired) electrons. The zero-order valence-corrected chi connectivity index (χ0v) is 7.36. The molecular formula is C11H11NO. The van der Waals surface area contributed by atoms with Crippen LogP contribution in [0.4, 0.5) is 0 Å². The van der Waals surface area contributed by atoms with Crippen LogP contribution in [0.25, 0.3) is 0 Å². The van der Waals surface area contributed by atoms with Gasteiger partial charge in [0.15, 0.2) is 5.78 Å². The quantitative estimate of drug-likeness (QED) is 0.683. The Labute approximate surface area is 77.3 Å². The van der Waals surface area contributed by atoms with Crippen molar-refractivity contribution in [3.05, 3.63) is 41.7 Å². The number of rotatable bonds is 2. The molecule has 0 aliphatic heterocycles. The van der Waals surface area contributed by atoms with E-state index in [-0.39, 0.29) is 5.78 Å². The highest BCUT2D eigenvalue weighted by Gasteiger charge is 2.11. The fourth-order valence-corrected chi connectivity index (χ4v) is 1.56. The van der Waals surface area contributed by atoms with Gasteiger partial charge in [0.2, 0.25) is 0 Å². The highest BCUT2D eigenvalue weighted by Crippen LogP contribution is 2.18. The average molecular weight is 173 g/mol. The molecular weight excluding hydrogens is 162 g/mol. The summed E-state index contributed by atoms with van der Waals surface area (Å²) in [6, 6.07) is 3.96. The standard InChI is InChI=1S/C11H11NO/c13-11-4-3-9(7-11)6-10-2-1-5-12-8-10/h1-2,5,7-8H,3-4,6H2. The van der Waals surface area contributed by atoms with Gasteiger partial charge in [-0.3, -0.25) is 9.78 Å². The van der Waals surface area contributed by atoms with Gasteiger partial charge in [-0.15, -0.1) is 0 Å². The maximum atomic E-state index is 11.0. The lowest BCUT2D eigenvalue weighted by Crippen LogP contribution is -1.87. The molecule has 2 heteroatoms. The summed E-state index contributed by atoms with van der Waals surface area (Å²) in [5.41, 5.74) is 2.42. The average Bonchev–Trinajstić information content (AvgIpc) is 2.53. The van der Waals surface area contributed by atoms with Crippen molar-refractivity contribution in [1.82, 2.24) is 4.98 Å². The number of allylic oxidation sites excluding steroid dienone is 2. The molecule has 0 aromatic carbocycles. The maximum Gasteiger partial charge on any atom is 0.155 e. The van der Waals surface area contributed by atoms with Gasteiger partial charge in [-0.05, 0) is 30.5 Å². The van der Waals surface area contributed by atoms with Gasteiger partial charge in [0.1, 0.15) is 0 Å². The molecule has 0 amide bonds. The Balaban J connectivity index is 2.07. The van der Waals surface area contributed by atoms with Gasteiger partial charge in [0, 0.05) is 18.8 Å². The van der Waals surface area contributed by atoms with Gasteiger partial charge in [-0.2, -0.15) is 0 Å². The number of hydrogen-bond acceptors (Lipinski definition) is 2. The summed E-state index contributed by atoms with van der Waals surface area (Å²) >= 11 is 0. The molecule has 0 atom stereocenters. The van der Waals surface area contributed by atoms with Crippen LogP contribution >= 0.6 is 0 Å². The van der Waals surface area contributed by atoms with Gasteiger partial charge >= 0.3 is 0 Å². The first-order valence-electron chi connectivity index (χ1n) is 4.46. The lowest BCUT2D eigenvalue weighted by molar-refractivity contribution is -0.114. The van der Waals surface area contributed by atoms with Crippen molar-refractivity contribution < 1.29 is 4.79 Å². The molecule has 66 valence electrons. The van der Waals surface area contributed by atoms with Crippen molar-refractivity contribution in [1.29, 1.82) is 0 Å². The minimum absolute atomic E-state index is 0.263. The lowest BCUT2D eigenvalue weighted by Gasteiger charge is -1.99. The summed E-state index contributed by atoms with van der Waals surface area (Å²) in [5.74, 6) is 0.263. The van der Waals surface area contributed by atoms with E-state index < -0.39 is 0 Å². The number of nitrogens with zero attached hydrogens (tertiary/aromatic N) is 1. The number of ketones is 1. The molecule has 1 aliphatic rings. The van der Waals surface area contributed by atoms with Gasteiger partial charge in [-0.25, -0.2) is 0 Å². The van der Waals surface area contributed by atoms with Gasteiger partial charge in [0.05, 0.1) is 0 Å². The number of carbonyl (C=O) groups is 1. The summed E-state index contributed by atoms with van der Waals surface area (Å²) in [6.45, 7) is 0. The van der Waals surface area contributed by atoms with E-state index >= 15 is 0 Å². The molecule has 0 bridgehead atoms. The van der Waals surface area contributed by atoms with Crippen molar-refractivity contribution in [2.24, 2.45) is 0 Å². The summed E-state index contributed by atoms with van der Waals surface area (Å²) in [5, 5.41) is 0. The Morgan fingerprint density at radius 3 is 2.92 bits per heavy atom. The third-order valence-electron chi connectivity index (χ3n) is 2.21. The molecule has 1 aromatic rings. The molecule has 2 nitrogen and oxygen atoms in total. The highest BCUT2D eigenvalue weighted by molar-refractivity contribution is 5.93. The van der Waals surface area contributed by atoms with Gasteiger partial charge in [0.25, 0.3) is 0 Å². The monoisotopic (exact) mass is 173 g/mol. The van der Waals surface area contributed by atoms with Crippen molar-refractivity contribution in [3.8, 4) is 0 Å². The predicted molar refractivity (Wildman–Crippen MR) is 50.3 cm³/mol. The maximum absolute atomic E-state index is 11.0. The SMILES string of the molecule is O=C1C=C(Cc2cccnc2)CC1. The molecule has 1 aromatic heterocycles. The summed E-state index contributed by atoms with van der Waals surface area (Å²) in [7, 11) is 0. The third-order valence-corrected chi connectivity index (χ3v) is 2.21. The number of hydrogen-bond donors (Lipinski definition) is 0. The van der Waals surface area contributed by atoms with E-state index in [0.717, 1.165) is 12.8 Å². The van der Waals surface area contributed by atoms with Gasteiger partial charge < -0.3 is 0 Å². The van der Waals surface area contributed by atoms with E-state index in [4.69, 9.17) is 0 Å². The minimum Gasteiger partial charge on any atom is -0.295 e. The Hall–Kier alpha value is -1.44. The number of carbonyl (C=O) groups excluding carboxylic acids is 1. The Kier molecular flexibility index (Phi) is 2.21. The fourth-order valence-electron chi connectivity index (χ4n) is 1.56. The second kappa shape index (κ2) is 3.52. The van der Waals surface area contributed by atoms with Crippen LogP contribution in [0.15, 0.2) is 36.2 Å². The topological polar surface area (TPSA) is 30.0 Å². The van der Waals surface area contributed by atoms with Crippen molar-refractivity contribution in [3.63, 3.8) is 0 Å². The Morgan fingerprint density at radius 1 is 1.38 bits per heavy atom. The first kappa shape index (κ1) is 8.17. The lowest BCUT2D eigenvalue weighted by atomic mass is 10.1. The van der Waals surface area contributed by atoms with Crippen LogP contribution in [0, 0.1) is 0 Å². The Bertz CT molecular complexity index is 340. The summed E-state index contributed by atoms with van der Waals surface area (Å²) < 4.78 is 0. The normalized spacial score (nSPS) is 16.0. The number of aromatic nitrogens is 1. The van der Waals surface area contributed by atoms with E-state index in [1.165, 1.54) is 11.1 Å². The van der Waals surface area contributed by atoms with Crippen LogP contribution in [-0.2, 0) is 11.2 Å². The highest BCUT2D eigenvalue weighted by atomic mass is 16.1. The van der Waals surface area contributed by atoms with Crippen LogP contribution in [0.5, 0.6) is 0 Å². The molecule has 0 spiro atoms. The molecule has 13 heavy (non-hydrogen) atoms. The Morgan fingerprint density at radius 2 is 2.31 bits per heavy atom. The molecule has 0 N–H and O–H groups in total. The van der Waals surface area contributed by atoms with E-state index in [9.17, 15) is 4.79 Å². The summed E-state index contributed by atoms with van der Waals surface area (Å²) in [6.07, 6.45) is 7.87. The number of pyridine rings is 1. The summed E-state index contributed by atoms with van der Waals surface area (Å²) in [4.78, 5) is 15.0. The molecule has 0 fully saturated rings. The molecule has 2 rings (SSSR count). The van der Waals surface area contributed by atoms with Crippen LogP contribution in [0.1, 0.15) is 18.4 Å². The minimum atomic E-state index is 0.263. The van der Waals surface area contributed by atoms with Crippen molar-refractivity contribution >= 4 is 5.78 Å². The van der Waals surface area contributed by atoms with Crippen molar-refractivity contribution in [2.45, 2.75) is 19.3 Å². The predicted octanol–water partition coefficient (Wildman–Crippen LogP) is 1.91. The first-order chi connectivity index (χ1) is 6.34. The second-order valence-electron chi connectivity index (χ2n) is 3.31. The smallest absolute Gasteiger partial charge is 0.155 e. The van der Waals surface area contributed by atoms with Crippen LogP contribution < -0.4 is 0 Å².